The third-order valence-electron chi connectivity index (χ3n) is 2.69. The van der Waals surface area contributed by atoms with E-state index in [0.29, 0.717) is 0 Å². The Bertz CT molecular complexity index is 494. The van der Waals surface area contributed by atoms with Gasteiger partial charge in [-0.15, -0.1) is 0 Å². The summed E-state index contributed by atoms with van der Waals surface area (Å²) in [7, 11) is 1.43. The van der Waals surface area contributed by atoms with E-state index in [9.17, 15) is 13.6 Å². The van der Waals surface area contributed by atoms with Crippen molar-refractivity contribution in [3.63, 3.8) is 0 Å². The molecule has 1 unspecified atom stereocenters. The molecular weight excluding hydrogens is 238 g/mol. The van der Waals surface area contributed by atoms with Gasteiger partial charge in [0.1, 0.15) is 5.92 Å². The van der Waals surface area contributed by atoms with Crippen molar-refractivity contribution < 1.29 is 13.6 Å². The highest BCUT2D eigenvalue weighted by atomic mass is 19.2. The van der Waals surface area contributed by atoms with Crippen molar-refractivity contribution >= 4 is 11.6 Å². The molecular formula is C13H14F2N2O. The van der Waals surface area contributed by atoms with Crippen LogP contribution in [0.15, 0.2) is 18.2 Å². The number of benzene rings is 1. The quantitative estimate of drug-likeness (QED) is 0.830. The number of halogens is 2. The van der Waals surface area contributed by atoms with Crippen molar-refractivity contribution in [1.29, 1.82) is 5.26 Å². The van der Waals surface area contributed by atoms with E-state index in [1.807, 2.05) is 6.07 Å². The maximum Gasteiger partial charge on any atom is 0.244 e. The molecule has 0 saturated carbocycles. The van der Waals surface area contributed by atoms with E-state index in [4.69, 9.17) is 5.26 Å². The first-order chi connectivity index (χ1) is 8.38. The summed E-state index contributed by atoms with van der Waals surface area (Å²) in [6.07, 6.45) is 0. The SMILES string of the molecule is CC(C)C(C#N)C(=O)N(C)c1ccc(F)c(F)c1. The number of rotatable bonds is 3. The van der Waals surface area contributed by atoms with Crippen LogP contribution < -0.4 is 4.90 Å². The third-order valence-corrected chi connectivity index (χ3v) is 2.69. The van der Waals surface area contributed by atoms with Crippen LogP contribution in [0.2, 0.25) is 0 Å². The lowest BCUT2D eigenvalue weighted by molar-refractivity contribution is -0.121. The van der Waals surface area contributed by atoms with Crippen LogP contribution in [0.25, 0.3) is 0 Å². The summed E-state index contributed by atoms with van der Waals surface area (Å²) in [5, 5.41) is 8.93. The molecule has 0 aliphatic carbocycles. The first-order valence-electron chi connectivity index (χ1n) is 5.50. The van der Waals surface area contributed by atoms with Crippen LogP contribution >= 0.6 is 0 Å². The molecule has 1 amide bonds. The Morgan fingerprint density at radius 1 is 1.33 bits per heavy atom. The third kappa shape index (κ3) is 2.83. The van der Waals surface area contributed by atoms with Crippen LogP contribution in [0, 0.1) is 34.8 Å². The zero-order chi connectivity index (χ0) is 13.9. The van der Waals surface area contributed by atoms with Gasteiger partial charge in [-0.1, -0.05) is 13.8 Å². The molecule has 0 bridgehead atoms. The molecule has 1 rings (SSSR count). The Morgan fingerprint density at radius 3 is 2.39 bits per heavy atom. The molecule has 0 spiro atoms. The first kappa shape index (κ1) is 14.1. The predicted molar refractivity (Wildman–Crippen MR) is 63.7 cm³/mol. The minimum atomic E-state index is -1.02. The molecule has 0 heterocycles. The highest BCUT2D eigenvalue weighted by Crippen LogP contribution is 2.20. The summed E-state index contributed by atoms with van der Waals surface area (Å²) in [6.45, 7) is 3.51. The van der Waals surface area contributed by atoms with Crippen molar-refractivity contribution in [2.45, 2.75) is 13.8 Å². The van der Waals surface area contributed by atoms with Crippen LogP contribution in [0.1, 0.15) is 13.8 Å². The van der Waals surface area contributed by atoms with Gasteiger partial charge in [-0.3, -0.25) is 4.79 Å². The molecule has 0 aromatic heterocycles. The normalized spacial score (nSPS) is 12.1. The fourth-order valence-electron chi connectivity index (χ4n) is 1.52. The lowest BCUT2D eigenvalue weighted by Crippen LogP contribution is -2.34. The molecule has 96 valence electrons. The highest BCUT2D eigenvalue weighted by molar-refractivity contribution is 5.96. The topological polar surface area (TPSA) is 44.1 Å². The zero-order valence-electron chi connectivity index (χ0n) is 10.4. The Kier molecular flexibility index (Phi) is 4.38. The minimum absolute atomic E-state index is 0.143. The van der Waals surface area contributed by atoms with Crippen molar-refractivity contribution in [2.24, 2.45) is 11.8 Å². The molecule has 3 nitrogen and oxygen atoms in total. The van der Waals surface area contributed by atoms with Gasteiger partial charge < -0.3 is 4.90 Å². The summed E-state index contributed by atoms with van der Waals surface area (Å²) < 4.78 is 25.9. The molecule has 5 heteroatoms. The van der Waals surface area contributed by atoms with E-state index in [1.54, 1.807) is 13.8 Å². The summed E-state index contributed by atoms with van der Waals surface area (Å²) in [5.41, 5.74) is 0.222. The molecule has 0 aliphatic rings. The van der Waals surface area contributed by atoms with Crippen molar-refractivity contribution in [3.05, 3.63) is 29.8 Å². The number of carbonyl (C=O) groups excluding carboxylic acids is 1. The molecule has 0 aliphatic heterocycles. The molecule has 1 aromatic carbocycles. The van der Waals surface area contributed by atoms with E-state index in [2.05, 4.69) is 0 Å². The minimum Gasteiger partial charge on any atom is -0.314 e. The fraction of sp³-hybridized carbons (Fsp3) is 0.385. The number of nitriles is 1. The van der Waals surface area contributed by atoms with Gasteiger partial charge >= 0.3 is 0 Å². The second-order valence-electron chi connectivity index (χ2n) is 4.35. The molecule has 0 fully saturated rings. The summed E-state index contributed by atoms with van der Waals surface area (Å²) in [6, 6.07) is 5.10. The molecule has 0 N–H and O–H groups in total. The predicted octanol–water partition coefficient (Wildman–Crippen LogP) is 2.72. The number of carbonyl (C=O) groups is 1. The Labute approximate surface area is 105 Å². The largest absolute Gasteiger partial charge is 0.314 e. The monoisotopic (exact) mass is 252 g/mol. The van der Waals surface area contributed by atoms with E-state index >= 15 is 0 Å². The molecule has 1 atom stereocenters. The average molecular weight is 252 g/mol. The maximum atomic E-state index is 13.1. The molecule has 0 saturated heterocycles. The Morgan fingerprint density at radius 2 is 1.94 bits per heavy atom. The standard InChI is InChI=1S/C13H14F2N2O/c1-8(2)10(7-16)13(18)17(3)9-4-5-11(14)12(15)6-9/h4-6,8,10H,1-3H3. The van der Waals surface area contributed by atoms with Gasteiger partial charge in [-0.25, -0.2) is 8.78 Å². The average Bonchev–Trinajstić information content (AvgIpc) is 2.32. The maximum absolute atomic E-state index is 13.1. The number of nitrogens with zero attached hydrogens (tertiary/aromatic N) is 2. The first-order valence-corrected chi connectivity index (χ1v) is 5.50. The number of hydrogen-bond acceptors (Lipinski definition) is 2. The molecule has 0 radical (unpaired) electrons. The van der Waals surface area contributed by atoms with Crippen molar-refractivity contribution in [2.75, 3.05) is 11.9 Å². The van der Waals surface area contributed by atoms with Crippen LogP contribution in [-0.2, 0) is 4.79 Å². The van der Waals surface area contributed by atoms with Crippen molar-refractivity contribution in [3.8, 4) is 6.07 Å². The lowest BCUT2D eigenvalue weighted by Gasteiger charge is -2.22. The van der Waals surface area contributed by atoms with Crippen LogP contribution in [-0.4, -0.2) is 13.0 Å². The Hall–Kier alpha value is -1.96. The van der Waals surface area contributed by atoms with E-state index in [0.717, 1.165) is 17.0 Å². The van der Waals surface area contributed by atoms with Gasteiger partial charge in [0, 0.05) is 18.8 Å². The second-order valence-corrected chi connectivity index (χ2v) is 4.35. The van der Waals surface area contributed by atoms with E-state index in [1.165, 1.54) is 13.1 Å². The summed E-state index contributed by atoms with van der Waals surface area (Å²) in [4.78, 5) is 13.2. The number of anilines is 1. The molecule has 1 aromatic rings. The van der Waals surface area contributed by atoms with Gasteiger partial charge in [0.05, 0.1) is 6.07 Å². The summed E-state index contributed by atoms with van der Waals surface area (Å²) in [5.74, 6) is -3.37. The second kappa shape index (κ2) is 5.58. The van der Waals surface area contributed by atoms with Gasteiger partial charge in [0.25, 0.3) is 0 Å². The molecule has 18 heavy (non-hydrogen) atoms. The number of hydrogen-bond donors (Lipinski definition) is 0. The lowest BCUT2D eigenvalue weighted by atomic mass is 9.96. The Balaban J connectivity index is 3.00. The summed E-state index contributed by atoms with van der Waals surface area (Å²) >= 11 is 0. The van der Waals surface area contributed by atoms with Gasteiger partial charge in [0.2, 0.25) is 5.91 Å². The van der Waals surface area contributed by atoms with Gasteiger partial charge in [-0.2, -0.15) is 5.26 Å². The van der Waals surface area contributed by atoms with Gasteiger partial charge in [0.15, 0.2) is 11.6 Å². The smallest absolute Gasteiger partial charge is 0.244 e. The van der Waals surface area contributed by atoms with Gasteiger partial charge in [-0.05, 0) is 18.1 Å². The van der Waals surface area contributed by atoms with Crippen molar-refractivity contribution in [1.82, 2.24) is 0 Å². The van der Waals surface area contributed by atoms with Crippen LogP contribution in [0.4, 0.5) is 14.5 Å². The number of amides is 1. The van der Waals surface area contributed by atoms with E-state index in [-0.39, 0.29) is 11.6 Å². The van der Waals surface area contributed by atoms with Crippen LogP contribution in [0.5, 0.6) is 0 Å². The zero-order valence-corrected chi connectivity index (χ0v) is 10.4. The van der Waals surface area contributed by atoms with Crippen LogP contribution in [0.3, 0.4) is 0 Å². The van der Waals surface area contributed by atoms with E-state index < -0.39 is 23.5 Å². The highest BCUT2D eigenvalue weighted by Gasteiger charge is 2.26. The fourth-order valence-corrected chi connectivity index (χ4v) is 1.52.